The highest BCUT2D eigenvalue weighted by Gasteiger charge is 2.34. The minimum atomic E-state index is -3.93. The van der Waals surface area contributed by atoms with Crippen molar-refractivity contribution in [3.63, 3.8) is 0 Å². The Morgan fingerprint density at radius 2 is 1.79 bits per heavy atom. The normalized spacial score (nSPS) is 15.0. The van der Waals surface area contributed by atoms with Gasteiger partial charge in [-0.3, -0.25) is 9.55 Å². The monoisotopic (exact) mass is 589 g/mol. The van der Waals surface area contributed by atoms with Crippen molar-refractivity contribution in [3.8, 4) is 11.1 Å². The number of aryl methyl sites for hydroxylation is 1. The van der Waals surface area contributed by atoms with E-state index < -0.39 is 16.1 Å². The number of sulfonamides is 1. The van der Waals surface area contributed by atoms with Gasteiger partial charge in [0.05, 0.1) is 23.8 Å². The van der Waals surface area contributed by atoms with Crippen LogP contribution in [-0.2, 0) is 14.8 Å². The van der Waals surface area contributed by atoms with Crippen molar-refractivity contribution < 1.29 is 22.3 Å². The Balaban J connectivity index is 1.33. The number of hydrogen-bond donors (Lipinski definition) is 0. The second kappa shape index (κ2) is 11.3. The molecule has 0 bridgehead atoms. The molecule has 4 heterocycles. The van der Waals surface area contributed by atoms with Gasteiger partial charge in [0.1, 0.15) is 22.1 Å². The van der Waals surface area contributed by atoms with Crippen molar-refractivity contribution in [3.05, 3.63) is 78.8 Å². The summed E-state index contributed by atoms with van der Waals surface area (Å²) in [5.74, 6) is 0.522. The zero-order valence-electron chi connectivity index (χ0n) is 23.5. The molecule has 1 saturated heterocycles. The number of ether oxygens (including phenoxy) is 1. The summed E-state index contributed by atoms with van der Waals surface area (Å²) in [6, 6.07) is 13.3. The number of pyridine rings is 1. The molecule has 0 amide bonds. The number of carbonyl (C=O) groups excluding carboxylic acids is 1. The van der Waals surface area contributed by atoms with Gasteiger partial charge >= 0.3 is 6.09 Å². The molecule has 0 unspecified atom stereocenters. The molecule has 1 aliphatic rings. The summed E-state index contributed by atoms with van der Waals surface area (Å²) in [6.07, 6.45) is 7.02. The number of nitrogens with zero attached hydrogens (tertiary/aromatic N) is 5. The zero-order chi connectivity index (χ0) is 29.4. The van der Waals surface area contributed by atoms with E-state index in [-0.39, 0.29) is 23.4 Å². The number of piperidine rings is 1. The Kier molecular flexibility index (Phi) is 7.54. The van der Waals surface area contributed by atoms with Gasteiger partial charge in [-0.25, -0.2) is 22.6 Å². The first-order valence-electron chi connectivity index (χ1n) is 14.1. The summed E-state index contributed by atoms with van der Waals surface area (Å²) in [5.41, 5.74) is 3.70. The van der Waals surface area contributed by atoms with Gasteiger partial charge in [0.25, 0.3) is 0 Å². The average Bonchev–Trinajstić information content (AvgIpc) is 3.55. The molecular weight excluding hydrogens is 557 g/mol. The lowest BCUT2D eigenvalue weighted by Crippen LogP contribution is -2.39. The molecule has 3 aromatic heterocycles. The standard InChI is InChI=1S/C31H32FN5O4S/c1-3-4-17-41-31(38)36-20-30(26-10-7-23(18-29(26)36)22-5-8-24(32)9-6-22)42(39,40)35-15-12-25(13-16-35)37-21(2)34-27-19-33-14-11-28(27)37/h5-11,14,18-20,25H,3-4,12-13,15-17H2,1-2H3. The first-order chi connectivity index (χ1) is 20.3. The van der Waals surface area contributed by atoms with E-state index in [9.17, 15) is 17.6 Å². The first-order valence-corrected chi connectivity index (χ1v) is 15.6. The third-order valence-electron chi connectivity index (χ3n) is 7.94. The summed E-state index contributed by atoms with van der Waals surface area (Å²) in [6.45, 7) is 4.85. The third-order valence-corrected chi connectivity index (χ3v) is 9.87. The third kappa shape index (κ3) is 5.07. The number of rotatable bonds is 7. The van der Waals surface area contributed by atoms with E-state index in [1.807, 2.05) is 19.9 Å². The molecule has 5 aromatic rings. The summed E-state index contributed by atoms with van der Waals surface area (Å²) in [4.78, 5) is 22.0. The number of imidazole rings is 1. The predicted molar refractivity (Wildman–Crippen MR) is 158 cm³/mol. The number of hydrogen-bond acceptors (Lipinski definition) is 6. The number of benzene rings is 2. The van der Waals surface area contributed by atoms with Crippen molar-refractivity contribution in [2.75, 3.05) is 19.7 Å². The number of halogens is 1. The minimum Gasteiger partial charge on any atom is -0.449 e. The van der Waals surface area contributed by atoms with E-state index in [1.165, 1.54) is 27.2 Å². The molecule has 1 fully saturated rings. The zero-order valence-corrected chi connectivity index (χ0v) is 24.3. The maximum Gasteiger partial charge on any atom is 0.418 e. The Morgan fingerprint density at radius 1 is 1.05 bits per heavy atom. The highest BCUT2D eigenvalue weighted by atomic mass is 32.2. The topological polar surface area (TPSA) is 99.3 Å². The van der Waals surface area contributed by atoms with E-state index in [2.05, 4.69) is 14.5 Å². The van der Waals surface area contributed by atoms with E-state index >= 15 is 0 Å². The summed E-state index contributed by atoms with van der Waals surface area (Å²) < 4.78 is 52.0. The summed E-state index contributed by atoms with van der Waals surface area (Å²) in [7, 11) is -3.93. The summed E-state index contributed by atoms with van der Waals surface area (Å²) in [5, 5.41) is 0.430. The Labute approximate surface area is 243 Å². The van der Waals surface area contributed by atoms with E-state index in [0.29, 0.717) is 43.3 Å². The fraction of sp³-hybridized carbons (Fsp3) is 0.323. The van der Waals surface area contributed by atoms with Gasteiger partial charge in [-0.2, -0.15) is 4.31 Å². The molecule has 0 aliphatic carbocycles. The lowest BCUT2D eigenvalue weighted by Gasteiger charge is -2.32. The van der Waals surface area contributed by atoms with Crippen molar-refractivity contribution >= 4 is 38.1 Å². The Hall–Kier alpha value is -4.09. The van der Waals surface area contributed by atoms with E-state index in [4.69, 9.17) is 4.74 Å². The van der Waals surface area contributed by atoms with Gasteiger partial charge in [0, 0.05) is 36.9 Å². The van der Waals surface area contributed by atoms with Crippen molar-refractivity contribution in [1.82, 2.24) is 23.4 Å². The second-order valence-electron chi connectivity index (χ2n) is 10.6. The van der Waals surface area contributed by atoms with Crippen molar-refractivity contribution in [2.45, 2.75) is 50.5 Å². The second-order valence-corrected chi connectivity index (χ2v) is 12.5. The fourth-order valence-corrected chi connectivity index (χ4v) is 7.42. The van der Waals surface area contributed by atoms with Gasteiger partial charge < -0.3 is 9.30 Å². The molecular formula is C31H32FN5O4S. The van der Waals surface area contributed by atoms with E-state index in [1.54, 1.807) is 42.7 Å². The van der Waals surface area contributed by atoms with Crippen LogP contribution in [0.1, 0.15) is 44.5 Å². The molecule has 218 valence electrons. The molecule has 11 heteroatoms. The number of carbonyl (C=O) groups is 1. The number of aromatic nitrogens is 4. The van der Waals surface area contributed by atoms with Crippen molar-refractivity contribution in [1.29, 1.82) is 0 Å². The van der Waals surface area contributed by atoms with Crippen LogP contribution in [0, 0.1) is 12.7 Å². The number of unbranched alkanes of at least 4 members (excludes halogenated alkanes) is 1. The van der Waals surface area contributed by atoms with Gasteiger partial charge in [0.2, 0.25) is 10.0 Å². The highest BCUT2D eigenvalue weighted by molar-refractivity contribution is 7.89. The van der Waals surface area contributed by atoms with E-state index in [0.717, 1.165) is 34.4 Å². The van der Waals surface area contributed by atoms with Crippen LogP contribution in [0.15, 0.2) is 72.0 Å². The van der Waals surface area contributed by atoms with Gasteiger partial charge in [-0.05, 0) is 61.6 Å². The first kappa shape index (κ1) is 28.0. The molecule has 0 radical (unpaired) electrons. The largest absolute Gasteiger partial charge is 0.449 e. The quantitative estimate of drug-likeness (QED) is 0.206. The van der Waals surface area contributed by atoms with Crippen LogP contribution in [0.25, 0.3) is 33.1 Å². The lowest BCUT2D eigenvalue weighted by molar-refractivity contribution is 0.147. The molecule has 0 saturated carbocycles. The molecule has 0 spiro atoms. The maximum atomic E-state index is 14.1. The minimum absolute atomic E-state index is 0.0596. The van der Waals surface area contributed by atoms with Crippen LogP contribution in [0.5, 0.6) is 0 Å². The Bertz CT molecular complexity index is 1870. The van der Waals surface area contributed by atoms with Crippen molar-refractivity contribution in [2.24, 2.45) is 0 Å². The molecule has 6 rings (SSSR count). The smallest absolute Gasteiger partial charge is 0.418 e. The summed E-state index contributed by atoms with van der Waals surface area (Å²) >= 11 is 0. The van der Waals surface area contributed by atoms with Crippen LogP contribution in [0.3, 0.4) is 0 Å². The predicted octanol–water partition coefficient (Wildman–Crippen LogP) is 6.31. The van der Waals surface area contributed by atoms with Crippen LogP contribution in [-0.4, -0.2) is 57.6 Å². The molecule has 9 nitrogen and oxygen atoms in total. The molecule has 0 atom stereocenters. The SMILES string of the molecule is CCCCOC(=O)n1cc(S(=O)(=O)N2CCC(n3c(C)nc4cnccc43)CC2)c2ccc(-c3ccc(F)cc3)cc21. The molecule has 42 heavy (non-hydrogen) atoms. The highest BCUT2D eigenvalue weighted by Crippen LogP contribution is 2.35. The van der Waals surface area contributed by atoms with Crippen LogP contribution < -0.4 is 0 Å². The van der Waals surface area contributed by atoms with Crippen LogP contribution in [0.2, 0.25) is 0 Å². The molecule has 1 aliphatic heterocycles. The van der Waals surface area contributed by atoms with Gasteiger partial charge in [0.15, 0.2) is 0 Å². The fourth-order valence-electron chi connectivity index (χ4n) is 5.76. The van der Waals surface area contributed by atoms with Crippen LogP contribution in [0.4, 0.5) is 9.18 Å². The lowest BCUT2D eigenvalue weighted by atomic mass is 10.0. The Morgan fingerprint density at radius 3 is 2.52 bits per heavy atom. The van der Waals surface area contributed by atoms with Gasteiger partial charge in [-0.1, -0.05) is 37.6 Å². The molecule has 2 aromatic carbocycles. The van der Waals surface area contributed by atoms with Gasteiger partial charge in [-0.15, -0.1) is 0 Å². The maximum absolute atomic E-state index is 14.1. The molecule has 0 N–H and O–H groups in total. The average molecular weight is 590 g/mol. The van der Waals surface area contributed by atoms with Crippen LogP contribution >= 0.6 is 0 Å². The number of fused-ring (bicyclic) bond motifs is 2.